The van der Waals surface area contributed by atoms with Crippen molar-refractivity contribution in [3.05, 3.63) is 66.4 Å². The summed E-state index contributed by atoms with van der Waals surface area (Å²) in [5.74, 6) is 2.94. The van der Waals surface area contributed by atoms with Gasteiger partial charge in [-0.1, -0.05) is 30.3 Å². The van der Waals surface area contributed by atoms with Crippen LogP contribution in [0.4, 0.5) is 5.82 Å². The minimum atomic E-state index is 0.0132. The molecule has 1 amide bonds. The molecule has 1 saturated heterocycles. The number of carbonyl (C=O) groups excluding carboxylic acids is 1. The lowest BCUT2D eigenvalue weighted by atomic mass is 10.1. The highest BCUT2D eigenvalue weighted by molar-refractivity contribution is 5.95. The van der Waals surface area contributed by atoms with Crippen molar-refractivity contribution in [3.8, 4) is 22.9 Å². The van der Waals surface area contributed by atoms with E-state index in [0.717, 1.165) is 24.5 Å². The van der Waals surface area contributed by atoms with E-state index in [1.54, 1.807) is 18.3 Å². The van der Waals surface area contributed by atoms with Gasteiger partial charge >= 0.3 is 0 Å². The number of anilines is 1. The molecule has 2 aliphatic heterocycles. The molecule has 2 aliphatic rings. The number of piperazine rings is 1. The predicted octanol–water partition coefficient (Wildman–Crippen LogP) is 2.88. The summed E-state index contributed by atoms with van der Waals surface area (Å²) in [6.07, 6.45) is 1.79. The van der Waals surface area contributed by atoms with Crippen LogP contribution in [-0.2, 0) is 0 Å². The monoisotopic (exact) mass is 402 g/mol. The van der Waals surface area contributed by atoms with Gasteiger partial charge in [0.05, 0.1) is 0 Å². The summed E-state index contributed by atoms with van der Waals surface area (Å²) < 4.78 is 11.1. The second kappa shape index (κ2) is 8.02. The number of carbonyl (C=O) groups is 1. The average molecular weight is 402 g/mol. The number of nitrogens with zero attached hydrogens (tertiary/aromatic N) is 4. The maximum atomic E-state index is 13.0. The fourth-order valence-corrected chi connectivity index (χ4v) is 3.75. The molecule has 0 saturated carbocycles. The Balaban J connectivity index is 1.26. The molecule has 30 heavy (non-hydrogen) atoms. The maximum Gasteiger partial charge on any atom is 0.254 e. The molecule has 0 aliphatic carbocycles. The highest BCUT2D eigenvalue weighted by atomic mass is 16.6. The molecule has 7 heteroatoms. The van der Waals surface area contributed by atoms with Crippen LogP contribution in [-0.4, -0.2) is 60.2 Å². The van der Waals surface area contributed by atoms with Crippen LogP contribution in [0.2, 0.25) is 0 Å². The number of hydrogen-bond donors (Lipinski definition) is 0. The number of ether oxygens (including phenoxy) is 2. The summed E-state index contributed by atoms with van der Waals surface area (Å²) >= 11 is 0. The molecule has 0 radical (unpaired) electrons. The minimum Gasteiger partial charge on any atom is -0.486 e. The van der Waals surface area contributed by atoms with E-state index in [4.69, 9.17) is 14.5 Å². The number of rotatable bonds is 3. The van der Waals surface area contributed by atoms with Crippen molar-refractivity contribution in [2.75, 3.05) is 44.3 Å². The molecule has 5 rings (SSSR count). The van der Waals surface area contributed by atoms with Crippen LogP contribution in [0.3, 0.4) is 0 Å². The summed E-state index contributed by atoms with van der Waals surface area (Å²) in [6.45, 7) is 3.77. The quantitative estimate of drug-likeness (QED) is 0.671. The van der Waals surface area contributed by atoms with Crippen molar-refractivity contribution in [1.29, 1.82) is 0 Å². The first-order valence-corrected chi connectivity index (χ1v) is 10.1. The van der Waals surface area contributed by atoms with Gasteiger partial charge < -0.3 is 19.3 Å². The Morgan fingerprint density at radius 3 is 2.43 bits per heavy atom. The van der Waals surface area contributed by atoms with Gasteiger partial charge in [-0.25, -0.2) is 9.97 Å². The molecular weight excluding hydrogens is 380 g/mol. The van der Waals surface area contributed by atoms with Crippen molar-refractivity contribution >= 4 is 11.7 Å². The lowest BCUT2D eigenvalue weighted by molar-refractivity contribution is 0.0745. The van der Waals surface area contributed by atoms with E-state index >= 15 is 0 Å². The van der Waals surface area contributed by atoms with Crippen molar-refractivity contribution in [2.24, 2.45) is 0 Å². The van der Waals surface area contributed by atoms with E-state index in [-0.39, 0.29) is 5.91 Å². The van der Waals surface area contributed by atoms with Crippen molar-refractivity contribution in [3.63, 3.8) is 0 Å². The van der Waals surface area contributed by atoms with E-state index in [9.17, 15) is 4.79 Å². The molecule has 3 heterocycles. The predicted molar refractivity (Wildman–Crippen MR) is 113 cm³/mol. The van der Waals surface area contributed by atoms with E-state index in [2.05, 4.69) is 9.88 Å². The first-order chi connectivity index (χ1) is 14.8. The van der Waals surface area contributed by atoms with Gasteiger partial charge in [-0.15, -0.1) is 0 Å². The van der Waals surface area contributed by atoms with Crippen LogP contribution in [0.25, 0.3) is 11.4 Å². The molecule has 2 aromatic carbocycles. The van der Waals surface area contributed by atoms with Gasteiger partial charge in [0.25, 0.3) is 5.91 Å². The number of hydrogen-bond acceptors (Lipinski definition) is 6. The first kappa shape index (κ1) is 18.4. The zero-order chi connectivity index (χ0) is 20.3. The highest BCUT2D eigenvalue weighted by Crippen LogP contribution is 2.31. The summed E-state index contributed by atoms with van der Waals surface area (Å²) in [6, 6.07) is 17.3. The third-order valence-electron chi connectivity index (χ3n) is 5.35. The Hall–Kier alpha value is -3.61. The second-order valence-corrected chi connectivity index (χ2v) is 7.24. The summed E-state index contributed by atoms with van der Waals surface area (Å²) in [4.78, 5) is 26.1. The van der Waals surface area contributed by atoms with Crippen LogP contribution in [0.5, 0.6) is 11.5 Å². The second-order valence-electron chi connectivity index (χ2n) is 7.24. The molecule has 1 fully saturated rings. The topological polar surface area (TPSA) is 67.8 Å². The van der Waals surface area contributed by atoms with Crippen LogP contribution in [0.15, 0.2) is 60.8 Å². The SMILES string of the molecule is O=C(c1ccc2c(c1)OCCO2)N1CCN(c2ccnc(-c3ccccc3)n2)CC1. The van der Waals surface area contributed by atoms with Crippen molar-refractivity contribution in [2.45, 2.75) is 0 Å². The molecule has 152 valence electrons. The van der Waals surface area contributed by atoms with Crippen LogP contribution in [0, 0.1) is 0 Å². The molecule has 0 atom stereocenters. The normalized spacial score (nSPS) is 15.7. The van der Waals surface area contributed by atoms with E-state index in [1.807, 2.05) is 47.4 Å². The van der Waals surface area contributed by atoms with Gasteiger partial charge in [0.2, 0.25) is 0 Å². The summed E-state index contributed by atoms with van der Waals surface area (Å²) in [5, 5.41) is 0. The van der Waals surface area contributed by atoms with Gasteiger partial charge in [-0.05, 0) is 24.3 Å². The number of amides is 1. The fraction of sp³-hybridized carbons (Fsp3) is 0.261. The van der Waals surface area contributed by atoms with E-state index in [0.29, 0.717) is 49.2 Å². The Morgan fingerprint density at radius 1 is 0.867 bits per heavy atom. The molecular formula is C23H22N4O3. The fourth-order valence-electron chi connectivity index (χ4n) is 3.75. The van der Waals surface area contributed by atoms with Gasteiger partial charge in [-0.2, -0.15) is 0 Å². The maximum absolute atomic E-state index is 13.0. The molecule has 3 aromatic rings. The third kappa shape index (κ3) is 3.66. The van der Waals surface area contributed by atoms with Crippen LogP contribution < -0.4 is 14.4 Å². The largest absolute Gasteiger partial charge is 0.486 e. The van der Waals surface area contributed by atoms with Crippen molar-refractivity contribution < 1.29 is 14.3 Å². The average Bonchev–Trinajstić information content (AvgIpc) is 2.84. The first-order valence-electron chi connectivity index (χ1n) is 10.1. The summed E-state index contributed by atoms with van der Waals surface area (Å²) in [5.41, 5.74) is 1.62. The Morgan fingerprint density at radius 2 is 1.63 bits per heavy atom. The Bertz CT molecular complexity index is 1050. The lowest BCUT2D eigenvalue weighted by Crippen LogP contribution is -2.49. The molecule has 7 nitrogen and oxygen atoms in total. The Kier molecular flexibility index (Phi) is 4.93. The Labute approximate surface area is 174 Å². The van der Waals surface area contributed by atoms with Gasteiger partial charge in [-0.3, -0.25) is 4.79 Å². The van der Waals surface area contributed by atoms with Gasteiger partial charge in [0.15, 0.2) is 17.3 Å². The van der Waals surface area contributed by atoms with Crippen LogP contribution >= 0.6 is 0 Å². The lowest BCUT2D eigenvalue weighted by Gasteiger charge is -2.35. The molecule has 0 spiro atoms. The van der Waals surface area contributed by atoms with Gasteiger partial charge in [0, 0.05) is 43.5 Å². The van der Waals surface area contributed by atoms with E-state index < -0.39 is 0 Å². The minimum absolute atomic E-state index is 0.0132. The smallest absolute Gasteiger partial charge is 0.254 e. The molecule has 0 unspecified atom stereocenters. The van der Waals surface area contributed by atoms with Crippen LogP contribution in [0.1, 0.15) is 10.4 Å². The van der Waals surface area contributed by atoms with Crippen molar-refractivity contribution in [1.82, 2.24) is 14.9 Å². The molecule has 0 N–H and O–H groups in total. The molecule has 1 aromatic heterocycles. The summed E-state index contributed by atoms with van der Waals surface area (Å²) in [7, 11) is 0. The molecule has 0 bridgehead atoms. The third-order valence-corrected chi connectivity index (χ3v) is 5.35. The number of benzene rings is 2. The standard InChI is InChI=1S/C23H22N4O3/c28-23(18-6-7-19-20(16-18)30-15-14-29-19)27-12-10-26(11-13-27)21-8-9-24-22(25-21)17-4-2-1-3-5-17/h1-9,16H,10-15H2. The number of aromatic nitrogens is 2. The van der Waals surface area contributed by atoms with Gasteiger partial charge in [0.1, 0.15) is 19.0 Å². The zero-order valence-corrected chi connectivity index (χ0v) is 16.5. The zero-order valence-electron chi connectivity index (χ0n) is 16.5. The number of fused-ring (bicyclic) bond motifs is 1. The highest BCUT2D eigenvalue weighted by Gasteiger charge is 2.24. The van der Waals surface area contributed by atoms with E-state index in [1.165, 1.54) is 0 Å².